The number of nitrogens with zero attached hydrogens (tertiary/aromatic N) is 3. The Hall–Kier alpha value is -1.24. The highest BCUT2D eigenvalue weighted by Gasteiger charge is 2.22. The van der Waals surface area contributed by atoms with Gasteiger partial charge in [0.25, 0.3) is 0 Å². The minimum absolute atomic E-state index is 0.115. The Morgan fingerprint density at radius 2 is 2.19 bits per heavy atom. The molecule has 0 aliphatic heterocycles. The van der Waals surface area contributed by atoms with Crippen molar-refractivity contribution in [3.05, 3.63) is 0 Å². The molecule has 1 aromatic rings. The second-order valence-electron chi connectivity index (χ2n) is 3.66. The van der Waals surface area contributed by atoms with Gasteiger partial charge in [0.2, 0.25) is 5.95 Å². The van der Waals surface area contributed by atoms with E-state index in [1.807, 2.05) is 20.8 Å². The van der Waals surface area contributed by atoms with Crippen molar-refractivity contribution in [3.8, 4) is 0 Å². The molecule has 90 valence electrons. The Balaban J connectivity index is 2.92. The van der Waals surface area contributed by atoms with Crippen LogP contribution in [0.3, 0.4) is 0 Å². The molecule has 7 heteroatoms. The molecule has 0 radical (unpaired) electrons. The van der Waals surface area contributed by atoms with Crippen molar-refractivity contribution < 1.29 is 9.90 Å². The molecule has 0 spiro atoms. The lowest BCUT2D eigenvalue weighted by Crippen LogP contribution is -2.16. The SMILES string of the molecule is CCC(Sc1nnc(N)n1C(C)C)C(=O)O. The Morgan fingerprint density at radius 3 is 2.62 bits per heavy atom. The van der Waals surface area contributed by atoms with E-state index in [1.165, 1.54) is 11.8 Å². The van der Waals surface area contributed by atoms with Gasteiger partial charge in [0.05, 0.1) is 0 Å². The van der Waals surface area contributed by atoms with Crippen molar-refractivity contribution >= 4 is 23.7 Å². The van der Waals surface area contributed by atoms with Crippen molar-refractivity contribution in [1.29, 1.82) is 0 Å². The van der Waals surface area contributed by atoms with E-state index in [2.05, 4.69) is 10.2 Å². The van der Waals surface area contributed by atoms with Crippen molar-refractivity contribution in [2.75, 3.05) is 5.73 Å². The van der Waals surface area contributed by atoms with Crippen LogP contribution in [-0.4, -0.2) is 31.1 Å². The van der Waals surface area contributed by atoms with Gasteiger partial charge < -0.3 is 10.8 Å². The van der Waals surface area contributed by atoms with Crippen LogP contribution >= 0.6 is 11.8 Å². The van der Waals surface area contributed by atoms with Gasteiger partial charge in [-0.1, -0.05) is 18.7 Å². The van der Waals surface area contributed by atoms with E-state index in [0.29, 0.717) is 17.5 Å². The number of hydrogen-bond donors (Lipinski definition) is 2. The Morgan fingerprint density at radius 1 is 1.56 bits per heavy atom. The number of nitrogen functional groups attached to an aromatic ring is 1. The average molecular weight is 244 g/mol. The molecule has 1 aromatic heterocycles. The molecule has 0 aromatic carbocycles. The summed E-state index contributed by atoms with van der Waals surface area (Å²) in [5.41, 5.74) is 5.66. The largest absolute Gasteiger partial charge is 0.480 e. The van der Waals surface area contributed by atoms with Gasteiger partial charge in [0, 0.05) is 6.04 Å². The summed E-state index contributed by atoms with van der Waals surface area (Å²) < 4.78 is 1.73. The van der Waals surface area contributed by atoms with Crippen LogP contribution in [0.25, 0.3) is 0 Å². The molecule has 0 bridgehead atoms. The lowest BCUT2D eigenvalue weighted by Gasteiger charge is -2.13. The van der Waals surface area contributed by atoms with Gasteiger partial charge in [0.15, 0.2) is 5.16 Å². The van der Waals surface area contributed by atoms with E-state index in [9.17, 15) is 4.79 Å². The van der Waals surface area contributed by atoms with Gasteiger partial charge in [-0.25, -0.2) is 0 Å². The van der Waals surface area contributed by atoms with Gasteiger partial charge in [-0.05, 0) is 20.3 Å². The van der Waals surface area contributed by atoms with E-state index in [0.717, 1.165) is 0 Å². The topological polar surface area (TPSA) is 94.0 Å². The summed E-state index contributed by atoms with van der Waals surface area (Å²) in [5.74, 6) is -0.526. The maximum Gasteiger partial charge on any atom is 0.317 e. The molecular formula is C9H16N4O2S. The van der Waals surface area contributed by atoms with Crippen molar-refractivity contribution in [3.63, 3.8) is 0 Å². The first kappa shape index (κ1) is 12.8. The quantitative estimate of drug-likeness (QED) is 0.760. The van der Waals surface area contributed by atoms with Gasteiger partial charge >= 0.3 is 5.97 Å². The molecule has 0 saturated carbocycles. The van der Waals surface area contributed by atoms with E-state index in [4.69, 9.17) is 10.8 Å². The number of thioether (sulfide) groups is 1. The number of carboxylic acids is 1. The lowest BCUT2D eigenvalue weighted by atomic mass is 10.3. The number of aromatic nitrogens is 3. The number of rotatable bonds is 5. The van der Waals surface area contributed by atoms with Crippen molar-refractivity contribution in [2.45, 2.75) is 43.6 Å². The maximum absolute atomic E-state index is 10.9. The monoisotopic (exact) mass is 244 g/mol. The van der Waals surface area contributed by atoms with E-state index in [-0.39, 0.29) is 6.04 Å². The van der Waals surface area contributed by atoms with Crippen LogP contribution in [0.4, 0.5) is 5.95 Å². The smallest absolute Gasteiger partial charge is 0.317 e. The minimum atomic E-state index is -0.843. The molecule has 6 nitrogen and oxygen atoms in total. The summed E-state index contributed by atoms with van der Waals surface area (Å²) in [6, 6.07) is 0.115. The van der Waals surface area contributed by atoms with E-state index < -0.39 is 11.2 Å². The third-order valence-corrected chi connectivity index (χ3v) is 3.41. The number of aliphatic carboxylic acids is 1. The second-order valence-corrected chi connectivity index (χ2v) is 4.83. The number of nitrogens with two attached hydrogens (primary N) is 1. The predicted octanol–water partition coefficient (Wildman–Crippen LogP) is 1.40. The van der Waals surface area contributed by atoms with Gasteiger partial charge in [-0.2, -0.15) is 0 Å². The fourth-order valence-corrected chi connectivity index (χ4v) is 2.32. The molecule has 0 amide bonds. The van der Waals surface area contributed by atoms with Gasteiger partial charge in [-0.3, -0.25) is 9.36 Å². The van der Waals surface area contributed by atoms with Crippen LogP contribution in [0.1, 0.15) is 33.2 Å². The highest BCUT2D eigenvalue weighted by molar-refractivity contribution is 8.00. The zero-order valence-electron chi connectivity index (χ0n) is 9.54. The molecular weight excluding hydrogens is 228 g/mol. The van der Waals surface area contributed by atoms with Crippen LogP contribution < -0.4 is 5.73 Å². The highest BCUT2D eigenvalue weighted by Crippen LogP contribution is 2.27. The maximum atomic E-state index is 10.9. The molecule has 3 N–H and O–H groups in total. The molecule has 0 fully saturated rings. The van der Waals surface area contributed by atoms with Crippen LogP contribution in [0.5, 0.6) is 0 Å². The predicted molar refractivity (Wildman–Crippen MR) is 62.4 cm³/mol. The molecule has 0 aliphatic carbocycles. The second kappa shape index (κ2) is 5.20. The van der Waals surface area contributed by atoms with E-state index in [1.54, 1.807) is 4.57 Å². The van der Waals surface area contributed by atoms with Crippen LogP contribution in [0.15, 0.2) is 5.16 Å². The first-order valence-electron chi connectivity index (χ1n) is 5.07. The number of anilines is 1. The minimum Gasteiger partial charge on any atom is -0.480 e. The third-order valence-electron chi connectivity index (χ3n) is 2.10. The van der Waals surface area contributed by atoms with Crippen molar-refractivity contribution in [1.82, 2.24) is 14.8 Å². The average Bonchev–Trinajstić information content (AvgIpc) is 2.55. The summed E-state index contributed by atoms with van der Waals surface area (Å²) in [6.07, 6.45) is 0.533. The lowest BCUT2D eigenvalue weighted by molar-refractivity contribution is -0.136. The zero-order valence-corrected chi connectivity index (χ0v) is 10.4. The van der Waals surface area contributed by atoms with Crippen molar-refractivity contribution in [2.24, 2.45) is 0 Å². The number of carbonyl (C=O) groups is 1. The molecule has 1 unspecified atom stereocenters. The zero-order chi connectivity index (χ0) is 12.3. The Labute approximate surface area is 98.2 Å². The highest BCUT2D eigenvalue weighted by atomic mass is 32.2. The fraction of sp³-hybridized carbons (Fsp3) is 0.667. The molecule has 0 saturated heterocycles. The standard InChI is InChI=1S/C9H16N4O2S/c1-4-6(7(14)15)16-9-12-11-8(10)13(9)5(2)3/h5-6H,4H2,1-3H3,(H2,10,11)(H,14,15). The number of hydrogen-bond acceptors (Lipinski definition) is 5. The molecule has 16 heavy (non-hydrogen) atoms. The molecule has 1 heterocycles. The molecule has 0 aliphatic rings. The van der Waals surface area contributed by atoms with Gasteiger partial charge in [-0.15, -0.1) is 10.2 Å². The fourth-order valence-electron chi connectivity index (χ4n) is 1.29. The summed E-state index contributed by atoms with van der Waals surface area (Å²) >= 11 is 1.18. The molecule has 1 rings (SSSR count). The Kier molecular flexibility index (Phi) is 4.17. The third kappa shape index (κ3) is 2.66. The normalized spacial score (nSPS) is 13.0. The summed E-state index contributed by atoms with van der Waals surface area (Å²) in [7, 11) is 0. The first-order chi connectivity index (χ1) is 7.47. The summed E-state index contributed by atoms with van der Waals surface area (Å²) in [6.45, 7) is 5.72. The Bertz CT molecular complexity index is 378. The summed E-state index contributed by atoms with van der Waals surface area (Å²) in [4.78, 5) is 10.9. The van der Waals surface area contributed by atoms with Crippen LogP contribution in [0.2, 0.25) is 0 Å². The molecule has 1 atom stereocenters. The first-order valence-corrected chi connectivity index (χ1v) is 5.95. The van der Waals surface area contributed by atoms with Crippen LogP contribution in [0, 0.1) is 0 Å². The van der Waals surface area contributed by atoms with Gasteiger partial charge in [0.1, 0.15) is 5.25 Å². The van der Waals surface area contributed by atoms with Crippen LogP contribution in [-0.2, 0) is 4.79 Å². The summed E-state index contributed by atoms with van der Waals surface area (Å²) in [5, 5.41) is 16.7. The van der Waals surface area contributed by atoms with E-state index >= 15 is 0 Å². The number of carboxylic acid groups (broad SMARTS) is 1.